The number of unbranched alkanes of at least 4 members (excludes halogenated alkanes) is 3. The summed E-state index contributed by atoms with van der Waals surface area (Å²) in [6, 6.07) is 18.5. The minimum absolute atomic E-state index is 0.129. The lowest BCUT2D eigenvalue weighted by atomic mass is 10.0. The number of amides is 2. The van der Waals surface area contributed by atoms with Crippen LogP contribution in [0.1, 0.15) is 38.2 Å². The predicted molar refractivity (Wildman–Crippen MR) is 197 cm³/mol. The first-order valence-corrected chi connectivity index (χ1v) is 19.0. The molecule has 4 aromatic rings. The number of H-pyrrole nitrogens is 1. The van der Waals surface area contributed by atoms with E-state index >= 15 is 0 Å². The highest BCUT2D eigenvalue weighted by Crippen LogP contribution is 2.40. The molecule has 0 bridgehead atoms. The lowest BCUT2D eigenvalue weighted by Crippen LogP contribution is -2.61. The lowest BCUT2D eigenvalue weighted by molar-refractivity contribution is -0.147. The fourth-order valence-electron chi connectivity index (χ4n) is 5.20. The van der Waals surface area contributed by atoms with Crippen molar-refractivity contribution in [3.05, 3.63) is 78.5 Å². The fraction of sp³-hybridized carbons (Fsp3) is 0.361. The molecule has 0 atom stereocenters. The van der Waals surface area contributed by atoms with Crippen LogP contribution in [-0.2, 0) is 19.7 Å². The number of hydrogen-bond donors (Lipinski definition) is 6. The van der Waals surface area contributed by atoms with E-state index in [2.05, 4.69) is 17.2 Å². The monoisotopic (exact) mass is 740 g/mol. The van der Waals surface area contributed by atoms with Gasteiger partial charge in [0.1, 0.15) is 16.3 Å². The average molecular weight is 741 g/mol. The molecule has 2 aromatic heterocycles. The number of nitrogens with zero attached hydrogens (tertiary/aromatic N) is 2. The summed E-state index contributed by atoms with van der Waals surface area (Å²) in [7, 11) is -4.49. The summed E-state index contributed by atoms with van der Waals surface area (Å²) >= 11 is 1.51. The van der Waals surface area contributed by atoms with Crippen LogP contribution in [0, 0.1) is 0 Å². The van der Waals surface area contributed by atoms with Gasteiger partial charge >= 0.3 is 0 Å². The summed E-state index contributed by atoms with van der Waals surface area (Å²) in [6.45, 7) is -0.971. The molecule has 6 N–H and O–H groups in total. The number of hydrogen-bond acceptors (Lipinski definition) is 10. The maximum absolute atomic E-state index is 13.1. The van der Waals surface area contributed by atoms with Crippen molar-refractivity contribution in [2.75, 3.05) is 45.3 Å². The predicted octanol–water partition coefficient (Wildman–Crippen LogP) is 3.99. The smallest absolute Gasteiger partial charge is 0.266 e. The SMILES string of the molecule is CCCCCCNC(=O)/C=C/c1ccc(-c2sc(-c3ccc[nH]3)nc2-c2ccc(OCC(=O)N(CCS(=O)(=O)O)C(CO)(CO)CO)cc2)cc1. The van der Waals surface area contributed by atoms with Gasteiger partial charge in [-0.3, -0.25) is 14.1 Å². The number of ether oxygens (including phenoxy) is 1. The molecule has 0 aliphatic carbocycles. The van der Waals surface area contributed by atoms with E-state index in [1.54, 1.807) is 30.3 Å². The quantitative estimate of drug-likeness (QED) is 0.0437. The second-order valence-electron chi connectivity index (χ2n) is 11.9. The van der Waals surface area contributed by atoms with Crippen molar-refractivity contribution in [3.8, 4) is 38.1 Å². The van der Waals surface area contributed by atoms with E-state index < -0.39 is 60.3 Å². The van der Waals surface area contributed by atoms with E-state index in [1.165, 1.54) is 17.4 Å². The molecule has 15 heteroatoms. The molecule has 0 aliphatic rings. The molecule has 2 aromatic carbocycles. The van der Waals surface area contributed by atoms with Gasteiger partial charge in [0.2, 0.25) is 5.91 Å². The topological polar surface area (TPSA) is 202 Å². The Morgan fingerprint density at radius 2 is 1.67 bits per heavy atom. The number of benzene rings is 2. The molecule has 51 heavy (non-hydrogen) atoms. The number of carbonyl (C=O) groups is 2. The van der Waals surface area contributed by atoms with Crippen LogP contribution in [-0.4, -0.2) is 106 Å². The number of aromatic amines is 1. The van der Waals surface area contributed by atoms with Gasteiger partial charge in [0.15, 0.2) is 6.61 Å². The van der Waals surface area contributed by atoms with Crippen molar-refractivity contribution in [1.29, 1.82) is 0 Å². The Balaban J connectivity index is 1.50. The highest BCUT2D eigenvalue weighted by atomic mass is 32.2. The Morgan fingerprint density at radius 3 is 2.27 bits per heavy atom. The van der Waals surface area contributed by atoms with Crippen molar-refractivity contribution in [3.63, 3.8) is 0 Å². The molecular weight excluding hydrogens is 697 g/mol. The Hall–Kier alpha value is -4.38. The first-order valence-electron chi connectivity index (χ1n) is 16.5. The van der Waals surface area contributed by atoms with Crippen LogP contribution in [0.3, 0.4) is 0 Å². The van der Waals surface area contributed by atoms with Crippen molar-refractivity contribution >= 4 is 39.3 Å². The number of nitrogens with one attached hydrogen (secondary N) is 2. The molecule has 0 unspecified atom stereocenters. The number of rotatable bonds is 20. The van der Waals surface area contributed by atoms with Gasteiger partial charge in [-0.25, -0.2) is 4.98 Å². The van der Waals surface area contributed by atoms with E-state index in [-0.39, 0.29) is 5.91 Å². The second-order valence-corrected chi connectivity index (χ2v) is 14.5. The van der Waals surface area contributed by atoms with Crippen LogP contribution in [0.4, 0.5) is 0 Å². The maximum atomic E-state index is 13.1. The van der Waals surface area contributed by atoms with E-state index in [4.69, 9.17) is 9.72 Å². The molecule has 0 saturated heterocycles. The molecular formula is C36H44N4O9S2. The third kappa shape index (κ3) is 11.1. The highest BCUT2D eigenvalue weighted by molar-refractivity contribution is 7.85. The number of aromatic nitrogens is 2. The van der Waals surface area contributed by atoms with Gasteiger partial charge in [0.05, 0.1) is 41.8 Å². The molecule has 0 saturated carbocycles. The number of aliphatic hydroxyl groups is 3. The fourth-order valence-corrected chi connectivity index (χ4v) is 6.70. The van der Waals surface area contributed by atoms with Gasteiger partial charge in [-0.2, -0.15) is 8.42 Å². The van der Waals surface area contributed by atoms with Gasteiger partial charge in [0, 0.05) is 30.9 Å². The van der Waals surface area contributed by atoms with Gasteiger partial charge in [-0.15, -0.1) is 11.3 Å². The maximum Gasteiger partial charge on any atom is 0.266 e. The minimum Gasteiger partial charge on any atom is -0.484 e. The van der Waals surface area contributed by atoms with Gasteiger partial charge in [-0.1, -0.05) is 50.5 Å². The molecule has 0 fully saturated rings. The first-order chi connectivity index (χ1) is 24.5. The molecule has 2 amide bonds. The molecule has 274 valence electrons. The summed E-state index contributed by atoms with van der Waals surface area (Å²) in [6.07, 6.45) is 9.49. The van der Waals surface area contributed by atoms with E-state index in [1.807, 2.05) is 42.6 Å². The van der Waals surface area contributed by atoms with Crippen molar-refractivity contribution in [2.45, 2.75) is 38.1 Å². The number of carbonyl (C=O) groups excluding carboxylic acids is 2. The molecule has 0 spiro atoms. The largest absolute Gasteiger partial charge is 0.484 e. The normalized spacial score (nSPS) is 11.9. The second kappa shape index (κ2) is 18.7. The number of aliphatic hydroxyl groups excluding tert-OH is 3. The van der Waals surface area contributed by atoms with E-state index in [0.717, 1.165) is 62.9 Å². The standard InChI is InChI=1S/C36H44N4O9S2/c1-2-3-4-5-18-38-31(44)17-10-26-8-11-28(12-9-26)34-33(39-35(50-34)30-7-6-19-37-30)27-13-15-29(16-14-27)49-22-32(45)40(20-21-51(46,47)48)36(23-41,24-42)25-43/h6-17,19,37,41-43H,2-5,18,20-25H2,1H3,(H,38,44)(H,46,47,48)/b17-10+. The van der Waals surface area contributed by atoms with Crippen molar-refractivity contribution < 1.29 is 42.6 Å². The van der Waals surface area contributed by atoms with Gasteiger partial charge in [-0.05, 0) is 60.0 Å². The molecule has 2 heterocycles. The zero-order valence-corrected chi connectivity index (χ0v) is 30.0. The van der Waals surface area contributed by atoms with Gasteiger partial charge in [0.25, 0.3) is 16.0 Å². The van der Waals surface area contributed by atoms with Crippen LogP contribution in [0.15, 0.2) is 72.9 Å². The summed E-state index contributed by atoms with van der Waals surface area (Å²) in [5.41, 5.74) is 2.27. The highest BCUT2D eigenvalue weighted by Gasteiger charge is 2.39. The van der Waals surface area contributed by atoms with E-state index in [9.17, 15) is 37.9 Å². The van der Waals surface area contributed by atoms with Crippen molar-refractivity contribution in [1.82, 2.24) is 20.2 Å². The Labute approximate surface area is 301 Å². The lowest BCUT2D eigenvalue weighted by Gasteiger charge is -2.40. The molecule has 0 aliphatic heterocycles. The van der Waals surface area contributed by atoms with Crippen LogP contribution >= 0.6 is 11.3 Å². The number of thiazole rings is 1. The third-order valence-electron chi connectivity index (χ3n) is 8.20. The zero-order valence-electron chi connectivity index (χ0n) is 28.3. The Morgan fingerprint density at radius 1 is 0.980 bits per heavy atom. The Kier molecular flexibility index (Phi) is 14.5. The first kappa shape index (κ1) is 39.4. The molecule has 0 radical (unpaired) electrons. The summed E-state index contributed by atoms with van der Waals surface area (Å²) in [5, 5.41) is 33.2. The molecule has 13 nitrogen and oxygen atoms in total. The third-order valence-corrected chi connectivity index (χ3v) is 10.0. The van der Waals surface area contributed by atoms with Crippen molar-refractivity contribution in [2.24, 2.45) is 0 Å². The zero-order chi connectivity index (χ0) is 36.9. The average Bonchev–Trinajstić information content (AvgIpc) is 3.83. The van der Waals surface area contributed by atoms with Crippen LogP contribution < -0.4 is 10.1 Å². The summed E-state index contributed by atoms with van der Waals surface area (Å²) < 4.78 is 37.6. The van der Waals surface area contributed by atoms with Crippen LogP contribution in [0.25, 0.3) is 38.5 Å². The molecule has 4 rings (SSSR count). The minimum atomic E-state index is -4.49. The summed E-state index contributed by atoms with van der Waals surface area (Å²) in [4.78, 5) is 35.1. The van der Waals surface area contributed by atoms with Gasteiger partial charge < -0.3 is 35.3 Å². The van der Waals surface area contributed by atoms with Crippen LogP contribution in [0.5, 0.6) is 5.75 Å². The Bertz CT molecular complexity index is 1830. The van der Waals surface area contributed by atoms with E-state index in [0.29, 0.717) is 18.0 Å². The summed E-state index contributed by atoms with van der Waals surface area (Å²) in [5.74, 6) is -1.52. The van der Waals surface area contributed by atoms with Crippen LogP contribution in [0.2, 0.25) is 0 Å².